The maximum atomic E-state index is 11.3. The lowest BCUT2D eigenvalue weighted by Crippen LogP contribution is -2.46. The van der Waals surface area contributed by atoms with Crippen LogP contribution < -0.4 is 5.32 Å². The van der Waals surface area contributed by atoms with E-state index in [1.165, 1.54) is 0 Å². The van der Waals surface area contributed by atoms with Gasteiger partial charge in [-0.05, 0) is 49.9 Å². The van der Waals surface area contributed by atoms with Crippen LogP contribution in [0.3, 0.4) is 0 Å². The van der Waals surface area contributed by atoms with E-state index in [-0.39, 0.29) is 0 Å². The van der Waals surface area contributed by atoms with Crippen molar-refractivity contribution in [1.29, 1.82) is 0 Å². The maximum Gasteiger partial charge on any atom is 0.501 e. The third-order valence-corrected chi connectivity index (χ3v) is 7.32. The van der Waals surface area contributed by atoms with Crippen LogP contribution in [0.15, 0.2) is 48.5 Å². The Kier molecular flexibility index (Phi) is 8.66. The third kappa shape index (κ3) is 5.90. The van der Waals surface area contributed by atoms with Crippen LogP contribution in [0.1, 0.15) is 26.3 Å². The van der Waals surface area contributed by atoms with Crippen LogP contribution in [0.4, 0.5) is 10.5 Å². The Balaban J connectivity index is 2.42. The highest BCUT2D eigenvalue weighted by atomic mass is 28.4. The zero-order chi connectivity index (χ0) is 20.4. The van der Waals surface area contributed by atoms with Gasteiger partial charge < -0.3 is 18.4 Å². The molecule has 6 nitrogen and oxygen atoms in total. The Hall–Kier alpha value is -2.19. The molecule has 0 saturated heterocycles. The van der Waals surface area contributed by atoms with Gasteiger partial charge in [0.2, 0.25) is 0 Å². The van der Waals surface area contributed by atoms with Crippen LogP contribution in [0.5, 0.6) is 0 Å². The molecule has 0 fully saturated rings. The van der Waals surface area contributed by atoms with Crippen molar-refractivity contribution in [3.63, 3.8) is 0 Å². The van der Waals surface area contributed by atoms with Gasteiger partial charge in [0.05, 0.1) is 0 Å². The van der Waals surface area contributed by atoms with Gasteiger partial charge in [-0.1, -0.05) is 42.5 Å². The summed E-state index contributed by atoms with van der Waals surface area (Å²) in [5.41, 5.74) is 3.50. The van der Waals surface area contributed by atoms with Crippen LogP contribution in [0.2, 0.25) is 6.04 Å². The molecule has 0 aliphatic heterocycles. The molecule has 0 aliphatic carbocycles. The number of carbonyl (C=O) groups is 1. The molecule has 0 spiro atoms. The summed E-state index contributed by atoms with van der Waals surface area (Å²) in [6.45, 7) is 7.30. The van der Waals surface area contributed by atoms with Crippen molar-refractivity contribution in [2.45, 2.75) is 33.2 Å². The number of amides is 1. The van der Waals surface area contributed by atoms with E-state index >= 15 is 0 Å². The first-order valence-electron chi connectivity index (χ1n) is 9.64. The zero-order valence-electron chi connectivity index (χ0n) is 16.7. The second kappa shape index (κ2) is 11.0. The standard InChI is InChI=1S/C21H29NO5Si/c1-4-25-28(26-5-2,27-6-3)16-15-19-18(17-11-8-7-9-12-17)13-10-14-20(19)22-21(23)24/h7-14,22H,4-6,15-16H2,1-3H3,(H,23,24). The lowest BCUT2D eigenvalue weighted by Gasteiger charge is -2.29. The van der Waals surface area contributed by atoms with Crippen LogP contribution in [0.25, 0.3) is 11.1 Å². The third-order valence-electron chi connectivity index (χ3n) is 4.28. The largest absolute Gasteiger partial charge is 0.501 e. The highest BCUT2D eigenvalue weighted by molar-refractivity contribution is 6.60. The molecule has 0 radical (unpaired) electrons. The monoisotopic (exact) mass is 403 g/mol. The van der Waals surface area contributed by atoms with E-state index in [0.717, 1.165) is 16.7 Å². The molecule has 0 aliphatic rings. The van der Waals surface area contributed by atoms with Gasteiger partial charge in [0.15, 0.2) is 0 Å². The minimum atomic E-state index is -2.84. The summed E-state index contributed by atoms with van der Waals surface area (Å²) in [6, 6.07) is 16.1. The summed E-state index contributed by atoms with van der Waals surface area (Å²) in [6.07, 6.45) is -0.512. The Labute approximate surface area is 167 Å². The lowest BCUT2D eigenvalue weighted by atomic mass is 9.96. The van der Waals surface area contributed by atoms with Gasteiger partial charge in [0.1, 0.15) is 0 Å². The summed E-state index contributed by atoms with van der Waals surface area (Å²) in [5, 5.41) is 11.8. The Morgan fingerprint density at radius 2 is 1.54 bits per heavy atom. The van der Waals surface area contributed by atoms with E-state index in [4.69, 9.17) is 13.3 Å². The van der Waals surface area contributed by atoms with Crippen LogP contribution >= 0.6 is 0 Å². The Bertz CT molecular complexity index is 737. The molecule has 0 heterocycles. The first-order valence-corrected chi connectivity index (χ1v) is 11.6. The zero-order valence-corrected chi connectivity index (χ0v) is 17.7. The van der Waals surface area contributed by atoms with Crippen molar-refractivity contribution in [1.82, 2.24) is 0 Å². The summed E-state index contributed by atoms with van der Waals surface area (Å²) >= 11 is 0. The van der Waals surface area contributed by atoms with Crippen LogP contribution in [-0.2, 0) is 19.7 Å². The predicted octanol–water partition coefficient (Wildman–Crippen LogP) is 5.03. The van der Waals surface area contributed by atoms with Gasteiger partial charge >= 0.3 is 14.9 Å². The molecular weight excluding hydrogens is 374 g/mol. The molecule has 0 atom stereocenters. The molecule has 0 bridgehead atoms. The van der Waals surface area contributed by atoms with Gasteiger partial charge in [-0.3, -0.25) is 5.32 Å². The molecule has 28 heavy (non-hydrogen) atoms. The first kappa shape index (κ1) is 22.1. The second-order valence-corrected chi connectivity index (χ2v) is 8.84. The summed E-state index contributed by atoms with van der Waals surface area (Å²) < 4.78 is 17.9. The molecule has 2 rings (SSSR count). The number of carboxylic acid groups (broad SMARTS) is 1. The molecule has 2 aromatic rings. The minimum Gasteiger partial charge on any atom is -0.465 e. The maximum absolute atomic E-state index is 11.3. The van der Waals surface area contributed by atoms with Crippen molar-refractivity contribution >= 4 is 20.6 Å². The van der Waals surface area contributed by atoms with Gasteiger partial charge in [-0.2, -0.15) is 0 Å². The van der Waals surface area contributed by atoms with Gasteiger partial charge in [-0.15, -0.1) is 0 Å². The van der Waals surface area contributed by atoms with E-state index in [1.807, 2.05) is 63.2 Å². The normalized spacial score (nSPS) is 11.4. The topological polar surface area (TPSA) is 77.0 Å². The van der Waals surface area contributed by atoms with Crippen molar-refractivity contribution in [3.8, 4) is 11.1 Å². The van der Waals surface area contributed by atoms with Crippen molar-refractivity contribution in [3.05, 3.63) is 54.1 Å². The van der Waals surface area contributed by atoms with Gasteiger partial charge in [0.25, 0.3) is 0 Å². The fourth-order valence-electron chi connectivity index (χ4n) is 3.26. The lowest BCUT2D eigenvalue weighted by molar-refractivity contribution is 0.0714. The van der Waals surface area contributed by atoms with Crippen LogP contribution in [0, 0.1) is 0 Å². The summed E-state index contributed by atoms with van der Waals surface area (Å²) in [5.74, 6) is 0. The van der Waals surface area contributed by atoms with E-state index < -0.39 is 14.9 Å². The Morgan fingerprint density at radius 1 is 0.929 bits per heavy atom. The van der Waals surface area contributed by atoms with Gasteiger partial charge in [0, 0.05) is 31.6 Å². The van der Waals surface area contributed by atoms with Crippen molar-refractivity contribution in [2.75, 3.05) is 25.1 Å². The van der Waals surface area contributed by atoms with Crippen molar-refractivity contribution < 1.29 is 23.2 Å². The highest BCUT2D eigenvalue weighted by Crippen LogP contribution is 2.32. The number of benzene rings is 2. The molecular formula is C21H29NO5Si. The molecule has 152 valence electrons. The predicted molar refractivity (Wildman–Crippen MR) is 113 cm³/mol. The number of rotatable bonds is 11. The SMILES string of the molecule is CCO[Si](CCc1c(NC(=O)O)cccc1-c1ccccc1)(OCC)OCC. The van der Waals surface area contributed by atoms with E-state index in [1.54, 1.807) is 6.07 Å². The summed E-state index contributed by atoms with van der Waals surface area (Å²) in [7, 11) is -2.84. The van der Waals surface area contributed by atoms with E-state index in [9.17, 15) is 9.90 Å². The van der Waals surface area contributed by atoms with Crippen LogP contribution in [-0.4, -0.2) is 39.8 Å². The molecule has 1 amide bonds. The average molecular weight is 404 g/mol. The molecule has 2 aromatic carbocycles. The molecule has 2 N–H and O–H groups in total. The van der Waals surface area contributed by atoms with E-state index in [2.05, 4.69) is 5.32 Å². The first-order chi connectivity index (χ1) is 13.5. The molecule has 0 unspecified atom stereocenters. The smallest absolute Gasteiger partial charge is 0.465 e. The summed E-state index contributed by atoms with van der Waals surface area (Å²) in [4.78, 5) is 11.3. The fourth-order valence-corrected chi connectivity index (χ4v) is 5.81. The number of anilines is 1. The minimum absolute atomic E-state index is 0.507. The molecule has 7 heteroatoms. The highest BCUT2D eigenvalue weighted by Gasteiger charge is 2.40. The fraction of sp³-hybridized carbons (Fsp3) is 0.381. The van der Waals surface area contributed by atoms with Crippen molar-refractivity contribution in [2.24, 2.45) is 0 Å². The molecule has 0 saturated carbocycles. The average Bonchev–Trinajstić information content (AvgIpc) is 2.68. The molecule has 0 aromatic heterocycles. The quantitative estimate of drug-likeness (QED) is 0.514. The number of nitrogens with one attached hydrogen (secondary N) is 1. The Morgan fingerprint density at radius 3 is 2.07 bits per heavy atom. The number of hydrogen-bond acceptors (Lipinski definition) is 4. The van der Waals surface area contributed by atoms with E-state index in [0.29, 0.717) is 38.0 Å². The van der Waals surface area contributed by atoms with Gasteiger partial charge in [-0.25, -0.2) is 4.79 Å². The second-order valence-electron chi connectivity index (χ2n) is 6.11. The number of hydrogen-bond donors (Lipinski definition) is 2.